The average Bonchev–Trinajstić information content (AvgIpc) is 3.30. The highest BCUT2D eigenvalue weighted by molar-refractivity contribution is 5.94. The zero-order chi connectivity index (χ0) is 27.2. The lowest BCUT2D eigenvalue weighted by atomic mass is 9.88. The van der Waals surface area contributed by atoms with Crippen LogP contribution in [0.5, 0.6) is 5.75 Å². The number of rotatable bonds is 10. The van der Waals surface area contributed by atoms with Gasteiger partial charge in [0.1, 0.15) is 11.6 Å². The molecule has 1 aliphatic heterocycles. The minimum Gasteiger partial charge on any atom is -0.497 e. The van der Waals surface area contributed by atoms with Crippen LogP contribution in [0.1, 0.15) is 41.3 Å². The van der Waals surface area contributed by atoms with Gasteiger partial charge in [0.15, 0.2) is 0 Å². The van der Waals surface area contributed by atoms with Crippen LogP contribution in [0, 0.1) is 17.7 Å². The molecule has 1 fully saturated rings. The molecule has 0 N–H and O–H groups in total. The zero-order valence-corrected chi connectivity index (χ0v) is 23.2. The number of nitrogens with zero attached hydrogens (tertiary/aromatic N) is 3. The molecule has 0 radical (unpaired) electrons. The molecule has 2 unspecified atom stereocenters. The van der Waals surface area contributed by atoms with E-state index in [9.17, 15) is 9.18 Å². The molecular weight excluding hydrogens is 477 g/mol. The van der Waals surface area contributed by atoms with E-state index in [2.05, 4.69) is 74.1 Å². The molecule has 0 aromatic heterocycles. The van der Waals surface area contributed by atoms with Crippen molar-refractivity contribution in [3.8, 4) is 5.75 Å². The Kier molecular flexibility index (Phi) is 9.05. The first kappa shape index (κ1) is 27.6. The second-order valence-corrected chi connectivity index (χ2v) is 11.0. The molecule has 1 saturated heterocycles. The highest BCUT2D eigenvalue weighted by Gasteiger charge is 2.36. The highest BCUT2D eigenvalue weighted by atomic mass is 19.1. The van der Waals surface area contributed by atoms with E-state index in [0.717, 1.165) is 25.4 Å². The van der Waals surface area contributed by atoms with Crippen molar-refractivity contribution in [2.45, 2.75) is 26.3 Å². The third-order valence-electron chi connectivity index (χ3n) is 7.32. The van der Waals surface area contributed by atoms with Crippen molar-refractivity contribution < 1.29 is 13.9 Å². The van der Waals surface area contributed by atoms with E-state index in [-0.39, 0.29) is 23.6 Å². The molecule has 0 aliphatic carbocycles. The van der Waals surface area contributed by atoms with E-state index in [1.807, 2.05) is 17.0 Å². The van der Waals surface area contributed by atoms with Gasteiger partial charge in [-0.2, -0.15) is 0 Å². The summed E-state index contributed by atoms with van der Waals surface area (Å²) >= 11 is 0. The van der Waals surface area contributed by atoms with Crippen LogP contribution in [0.3, 0.4) is 0 Å². The summed E-state index contributed by atoms with van der Waals surface area (Å²) in [4.78, 5) is 20.1. The summed E-state index contributed by atoms with van der Waals surface area (Å²) in [7, 11) is 5.80. The summed E-state index contributed by atoms with van der Waals surface area (Å²) in [6, 6.07) is 22.9. The predicted octanol–water partition coefficient (Wildman–Crippen LogP) is 5.91. The van der Waals surface area contributed by atoms with E-state index < -0.39 is 0 Å². The topological polar surface area (TPSA) is 36.0 Å². The lowest BCUT2D eigenvalue weighted by Gasteiger charge is -2.30. The molecule has 3 aromatic carbocycles. The van der Waals surface area contributed by atoms with Gasteiger partial charge in [-0.1, -0.05) is 38.1 Å². The fourth-order valence-corrected chi connectivity index (χ4v) is 5.42. The van der Waals surface area contributed by atoms with Gasteiger partial charge in [-0.25, -0.2) is 4.39 Å². The van der Waals surface area contributed by atoms with Crippen LogP contribution in [0.15, 0.2) is 72.8 Å². The maximum Gasteiger partial charge on any atom is 0.253 e. The van der Waals surface area contributed by atoms with Gasteiger partial charge in [0.25, 0.3) is 5.91 Å². The molecule has 1 aliphatic rings. The Bertz CT molecular complexity index is 1190. The minimum atomic E-state index is -0.333. The quantitative estimate of drug-likeness (QED) is 0.335. The first-order valence-electron chi connectivity index (χ1n) is 13.4. The Hall–Kier alpha value is -3.38. The van der Waals surface area contributed by atoms with Crippen molar-refractivity contribution in [1.82, 2.24) is 9.80 Å². The Balaban J connectivity index is 1.58. The van der Waals surface area contributed by atoms with Crippen LogP contribution in [0.2, 0.25) is 0 Å². The molecule has 1 heterocycles. The Labute approximate surface area is 226 Å². The number of ether oxygens (including phenoxy) is 1. The van der Waals surface area contributed by atoms with Crippen LogP contribution in [0.25, 0.3) is 0 Å². The number of likely N-dealkylation sites (tertiary alicyclic amines) is 1. The van der Waals surface area contributed by atoms with Crippen LogP contribution in [0.4, 0.5) is 10.1 Å². The van der Waals surface area contributed by atoms with E-state index in [4.69, 9.17) is 4.74 Å². The van der Waals surface area contributed by atoms with Gasteiger partial charge in [0.05, 0.1) is 7.11 Å². The summed E-state index contributed by atoms with van der Waals surface area (Å²) in [6.07, 6.45) is 0. The SMILES string of the molecule is COc1cccc(C2CN(Cc3ccc(N(C)C)cc3)CC2CN(CC(C)C)C(=O)c2ccc(F)cc2)c1. The van der Waals surface area contributed by atoms with E-state index in [1.54, 1.807) is 19.2 Å². The number of benzene rings is 3. The molecule has 2 atom stereocenters. The third kappa shape index (κ3) is 6.93. The summed E-state index contributed by atoms with van der Waals surface area (Å²) < 4.78 is 19.1. The van der Waals surface area contributed by atoms with Gasteiger partial charge in [0, 0.05) is 64.0 Å². The van der Waals surface area contributed by atoms with E-state index in [0.29, 0.717) is 24.6 Å². The number of methoxy groups -OCH3 is 1. The molecule has 4 rings (SSSR count). The van der Waals surface area contributed by atoms with Crippen molar-refractivity contribution in [2.75, 3.05) is 52.3 Å². The van der Waals surface area contributed by atoms with Crippen LogP contribution in [-0.2, 0) is 6.54 Å². The number of carbonyl (C=O) groups is 1. The molecule has 6 heteroatoms. The summed E-state index contributed by atoms with van der Waals surface area (Å²) in [5.74, 6) is 1.32. The van der Waals surface area contributed by atoms with Crippen molar-refractivity contribution in [2.24, 2.45) is 11.8 Å². The standard InChI is InChI=1S/C32H40FN3O2/c1-23(2)18-36(32(37)25-11-13-28(33)14-12-25)21-27-20-35(19-24-9-15-29(16-10-24)34(3)4)22-31(27)26-7-6-8-30(17-26)38-5/h6-17,23,27,31H,18-22H2,1-5H3. The highest BCUT2D eigenvalue weighted by Crippen LogP contribution is 2.36. The second-order valence-electron chi connectivity index (χ2n) is 11.0. The minimum absolute atomic E-state index is 0.0409. The van der Waals surface area contributed by atoms with Gasteiger partial charge in [0.2, 0.25) is 0 Å². The molecule has 38 heavy (non-hydrogen) atoms. The molecule has 5 nitrogen and oxygen atoms in total. The van der Waals surface area contributed by atoms with Gasteiger partial charge < -0.3 is 14.5 Å². The van der Waals surface area contributed by atoms with Gasteiger partial charge in [-0.05, 0) is 71.5 Å². The van der Waals surface area contributed by atoms with Crippen molar-refractivity contribution >= 4 is 11.6 Å². The Morgan fingerprint density at radius 3 is 2.37 bits per heavy atom. The van der Waals surface area contributed by atoms with Crippen LogP contribution < -0.4 is 9.64 Å². The monoisotopic (exact) mass is 517 g/mol. The maximum atomic E-state index is 13.5. The summed E-state index contributed by atoms with van der Waals surface area (Å²) in [5.41, 5.74) is 4.23. The maximum absolute atomic E-state index is 13.5. The van der Waals surface area contributed by atoms with E-state index in [1.165, 1.54) is 28.9 Å². The molecule has 202 valence electrons. The molecule has 3 aromatic rings. The normalized spacial score (nSPS) is 17.6. The Morgan fingerprint density at radius 2 is 1.74 bits per heavy atom. The second kappa shape index (κ2) is 12.4. The number of carbonyl (C=O) groups excluding carboxylic acids is 1. The lowest BCUT2D eigenvalue weighted by Crippen LogP contribution is -2.39. The van der Waals surface area contributed by atoms with Crippen LogP contribution >= 0.6 is 0 Å². The Morgan fingerprint density at radius 1 is 1.03 bits per heavy atom. The van der Waals surface area contributed by atoms with Crippen molar-refractivity contribution in [3.05, 3.63) is 95.3 Å². The predicted molar refractivity (Wildman–Crippen MR) is 152 cm³/mol. The molecule has 1 amide bonds. The summed E-state index contributed by atoms with van der Waals surface area (Å²) in [6.45, 7) is 8.22. The zero-order valence-electron chi connectivity index (χ0n) is 23.2. The lowest BCUT2D eigenvalue weighted by molar-refractivity contribution is 0.0703. The molecular formula is C32H40FN3O2. The van der Waals surface area contributed by atoms with Crippen LogP contribution in [-0.4, -0.2) is 63.1 Å². The van der Waals surface area contributed by atoms with Crippen molar-refractivity contribution in [3.63, 3.8) is 0 Å². The number of halogens is 1. The molecule has 0 saturated carbocycles. The first-order chi connectivity index (χ1) is 18.2. The number of amides is 1. The number of hydrogen-bond donors (Lipinski definition) is 0. The summed E-state index contributed by atoms with van der Waals surface area (Å²) in [5, 5.41) is 0. The average molecular weight is 518 g/mol. The fraction of sp³-hybridized carbons (Fsp3) is 0.406. The molecule has 0 spiro atoms. The largest absolute Gasteiger partial charge is 0.497 e. The van der Waals surface area contributed by atoms with Gasteiger partial charge in [-0.15, -0.1) is 0 Å². The van der Waals surface area contributed by atoms with Gasteiger partial charge in [-0.3, -0.25) is 9.69 Å². The van der Waals surface area contributed by atoms with E-state index >= 15 is 0 Å². The van der Waals surface area contributed by atoms with Gasteiger partial charge >= 0.3 is 0 Å². The number of anilines is 1. The number of hydrogen-bond acceptors (Lipinski definition) is 4. The smallest absolute Gasteiger partial charge is 0.253 e. The first-order valence-corrected chi connectivity index (χ1v) is 13.4. The van der Waals surface area contributed by atoms with Crippen molar-refractivity contribution in [1.29, 1.82) is 0 Å². The fourth-order valence-electron chi connectivity index (χ4n) is 5.42. The third-order valence-corrected chi connectivity index (χ3v) is 7.32. The molecule has 0 bridgehead atoms.